The van der Waals surface area contributed by atoms with Gasteiger partial charge in [0.25, 0.3) is 0 Å². The molecule has 0 spiro atoms. The summed E-state index contributed by atoms with van der Waals surface area (Å²) < 4.78 is 5.02. The van der Waals surface area contributed by atoms with Gasteiger partial charge in [0.2, 0.25) is 0 Å². The van der Waals surface area contributed by atoms with Gasteiger partial charge in [0.05, 0.1) is 18.6 Å². The SMILES string of the molecule is COCC(C)(C)NC(=O)NCC1(CC(=O)O)CCC1. The van der Waals surface area contributed by atoms with Crippen molar-refractivity contribution in [3.63, 3.8) is 0 Å². The van der Waals surface area contributed by atoms with Crippen molar-refractivity contribution in [3.8, 4) is 0 Å². The maximum atomic E-state index is 11.8. The third kappa shape index (κ3) is 5.06. The predicted molar refractivity (Wildman–Crippen MR) is 71.0 cm³/mol. The Labute approximate surface area is 113 Å². The number of rotatable bonds is 7. The summed E-state index contributed by atoms with van der Waals surface area (Å²) in [7, 11) is 1.58. The second-order valence-electron chi connectivity index (χ2n) is 6.05. The van der Waals surface area contributed by atoms with E-state index in [1.54, 1.807) is 7.11 Å². The summed E-state index contributed by atoms with van der Waals surface area (Å²) in [5.74, 6) is -0.804. The molecule has 0 unspecified atom stereocenters. The molecule has 0 radical (unpaired) electrons. The molecule has 0 aromatic heterocycles. The van der Waals surface area contributed by atoms with Gasteiger partial charge in [-0.15, -0.1) is 0 Å². The number of carbonyl (C=O) groups excluding carboxylic acids is 1. The highest BCUT2D eigenvalue weighted by molar-refractivity contribution is 5.75. The number of aliphatic carboxylic acids is 1. The molecule has 1 fully saturated rings. The monoisotopic (exact) mass is 272 g/mol. The van der Waals surface area contributed by atoms with Crippen molar-refractivity contribution >= 4 is 12.0 Å². The summed E-state index contributed by atoms with van der Waals surface area (Å²) in [5.41, 5.74) is -0.701. The van der Waals surface area contributed by atoms with E-state index in [9.17, 15) is 9.59 Å². The summed E-state index contributed by atoms with van der Waals surface area (Å²) in [6.45, 7) is 4.56. The molecule has 0 atom stereocenters. The van der Waals surface area contributed by atoms with Gasteiger partial charge in [0.1, 0.15) is 0 Å². The van der Waals surface area contributed by atoms with E-state index in [1.807, 2.05) is 13.8 Å². The second-order valence-corrected chi connectivity index (χ2v) is 6.05. The fraction of sp³-hybridized carbons (Fsp3) is 0.846. The highest BCUT2D eigenvalue weighted by atomic mass is 16.5. The topological polar surface area (TPSA) is 87.7 Å². The number of hydrogen-bond acceptors (Lipinski definition) is 3. The molecule has 0 heterocycles. The molecule has 6 heteroatoms. The summed E-state index contributed by atoms with van der Waals surface area (Å²) in [6.07, 6.45) is 2.88. The Kier molecular flexibility index (Phi) is 5.17. The Morgan fingerprint density at radius 3 is 2.42 bits per heavy atom. The number of carbonyl (C=O) groups is 2. The second kappa shape index (κ2) is 6.23. The predicted octanol–water partition coefficient (Wildman–Crippen LogP) is 1.36. The Morgan fingerprint density at radius 1 is 1.37 bits per heavy atom. The zero-order valence-corrected chi connectivity index (χ0v) is 11.9. The van der Waals surface area contributed by atoms with Crippen LogP contribution in [0, 0.1) is 5.41 Å². The molecule has 19 heavy (non-hydrogen) atoms. The lowest BCUT2D eigenvalue weighted by atomic mass is 9.66. The van der Waals surface area contributed by atoms with Gasteiger partial charge in [-0.1, -0.05) is 6.42 Å². The van der Waals surface area contributed by atoms with E-state index in [1.165, 1.54) is 0 Å². The van der Waals surface area contributed by atoms with Crippen molar-refractivity contribution in [3.05, 3.63) is 0 Å². The van der Waals surface area contributed by atoms with Gasteiger partial charge >= 0.3 is 12.0 Å². The lowest BCUT2D eigenvalue weighted by Gasteiger charge is -2.41. The first-order valence-electron chi connectivity index (χ1n) is 6.55. The smallest absolute Gasteiger partial charge is 0.315 e. The molecule has 3 N–H and O–H groups in total. The van der Waals surface area contributed by atoms with Crippen LogP contribution < -0.4 is 10.6 Å². The number of carboxylic acid groups (broad SMARTS) is 1. The number of nitrogens with one attached hydrogen (secondary N) is 2. The van der Waals surface area contributed by atoms with E-state index in [4.69, 9.17) is 9.84 Å². The number of amides is 2. The standard InChI is InChI=1S/C13H24N2O4/c1-12(2,9-19-3)15-11(18)14-8-13(5-4-6-13)7-10(16)17/h4-9H2,1-3H3,(H,16,17)(H2,14,15,18). The normalized spacial score (nSPS) is 17.4. The molecular formula is C13H24N2O4. The third-order valence-electron chi connectivity index (χ3n) is 3.52. The van der Waals surface area contributed by atoms with E-state index in [0.717, 1.165) is 19.3 Å². The van der Waals surface area contributed by atoms with Gasteiger partial charge in [0.15, 0.2) is 0 Å². The quantitative estimate of drug-likeness (QED) is 0.653. The van der Waals surface area contributed by atoms with Crippen LogP contribution in [0.25, 0.3) is 0 Å². The van der Waals surface area contributed by atoms with Gasteiger partial charge in [-0.3, -0.25) is 4.79 Å². The average molecular weight is 272 g/mol. The minimum absolute atomic E-state index is 0.120. The third-order valence-corrected chi connectivity index (χ3v) is 3.52. The maximum absolute atomic E-state index is 11.8. The Bertz CT molecular complexity index is 338. The van der Waals surface area contributed by atoms with Gasteiger partial charge in [-0.05, 0) is 32.1 Å². The van der Waals surface area contributed by atoms with Gasteiger partial charge in [0, 0.05) is 13.7 Å². The van der Waals surface area contributed by atoms with Crippen LogP contribution in [-0.2, 0) is 9.53 Å². The minimum Gasteiger partial charge on any atom is -0.481 e. The van der Waals surface area contributed by atoms with Gasteiger partial charge in [-0.25, -0.2) is 4.79 Å². The van der Waals surface area contributed by atoms with E-state index in [-0.39, 0.29) is 17.9 Å². The van der Waals surface area contributed by atoms with Crippen LogP contribution in [0.15, 0.2) is 0 Å². The Balaban J connectivity index is 2.39. The summed E-state index contributed by atoms with van der Waals surface area (Å²) in [4.78, 5) is 22.6. The van der Waals surface area contributed by atoms with E-state index in [0.29, 0.717) is 13.2 Å². The number of carboxylic acids is 1. The minimum atomic E-state index is -0.804. The van der Waals surface area contributed by atoms with Gasteiger partial charge < -0.3 is 20.5 Å². The first-order valence-corrected chi connectivity index (χ1v) is 6.55. The zero-order chi connectivity index (χ0) is 14.5. The number of methoxy groups -OCH3 is 1. The highest BCUT2D eigenvalue weighted by Crippen LogP contribution is 2.43. The zero-order valence-electron chi connectivity index (χ0n) is 11.9. The molecule has 6 nitrogen and oxygen atoms in total. The number of hydrogen-bond donors (Lipinski definition) is 3. The van der Waals surface area contributed by atoms with Gasteiger partial charge in [-0.2, -0.15) is 0 Å². The van der Waals surface area contributed by atoms with Crippen LogP contribution in [0.4, 0.5) is 4.79 Å². The number of ether oxygens (including phenoxy) is 1. The average Bonchev–Trinajstić information content (AvgIpc) is 2.20. The fourth-order valence-electron chi connectivity index (χ4n) is 2.43. The molecule has 0 saturated heterocycles. The van der Waals surface area contributed by atoms with E-state index in [2.05, 4.69) is 10.6 Å². The molecule has 1 rings (SSSR count). The van der Waals surface area contributed by atoms with Crippen molar-refractivity contribution in [2.24, 2.45) is 5.41 Å². The molecule has 0 aliphatic heterocycles. The fourth-order valence-corrected chi connectivity index (χ4v) is 2.43. The molecule has 0 bridgehead atoms. The van der Waals surface area contributed by atoms with Crippen molar-refractivity contribution in [1.29, 1.82) is 0 Å². The van der Waals surface area contributed by atoms with E-state index < -0.39 is 11.5 Å². The molecule has 110 valence electrons. The molecule has 0 aromatic rings. The molecule has 2 amide bonds. The summed E-state index contributed by atoms with van der Waals surface area (Å²) >= 11 is 0. The lowest BCUT2D eigenvalue weighted by molar-refractivity contribution is -0.141. The lowest BCUT2D eigenvalue weighted by Crippen LogP contribution is -2.53. The molecule has 1 aliphatic carbocycles. The van der Waals surface area contributed by atoms with Crippen LogP contribution in [0.5, 0.6) is 0 Å². The first-order chi connectivity index (χ1) is 8.79. The van der Waals surface area contributed by atoms with Crippen LogP contribution >= 0.6 is 0 Å². The molecule has 1 saturated carbocycles. The molecule has 0 aromatic carbocycles. The highest BCUT2D eigenvalue weighted by Gasteiger charge is 2.39. The van der Waals surface area contributed by atoms with E-state index >= 15 is 0 Å². The van der Waals surface area contributed by atoms with Crippen LogP contribution in [-0.4, -0.2) is 42.9 Å². The molecule has 1 aliphatic rings. The van der Waals surface area contributed by atoms with Crippen LogP contribution in [0.1, 0.15) is 39.5 Å². The maximum Gasteiger partial charge on any atom is 0.315 e. The van der Waals surface area contributed by atoms with Crippen LogP contribution in [0.2, 0.25) is 0 Å². The van der Waals surface area contributed by atoms with Crippen molar-refractivity contribution in [2.45, 2.75) is 45.1 Å². The van der Waals surface area contributed by atoms with Crippen molar-refractivity contribution < 1.29 is 19.4 Å². The summed E-state index contributed by atoms with van der Waals surface area (Å²) in [6, 6.07) is -0.279. The Hall–Kier alpha value is -1.30. The van der Waals surface area contributed by atoms with Crippen LogP contribution in [0.3, 0.4) is 0 Å². The first kappa shape index (κ1) is 15.8. The summed E-state index contributed by atoms with van der Waals surface area (Å²) in [5, 5.41) is 14.5. The Morgan fingerprint density at radius 2 is 2.00 bits per heavy atom. The van der Waals surface area contributed by atoms with Crippen molar-refractivity contribution in [1.82, 2.24) is 10.6 Å². The van der Waals surface area contributed by atoms with Crippen molar-refractivity contribution in [2.75, 3.05) is 20.3 Å². The number of urea groups is 1. The molecular weight excluding hydrogens is 248 g/mol. The largest absolute Gasteiger partial charge is 0.481 e.